The van der Waals surface area contributed by atoms with Gasteiger partial charge in [-0.25, -0.2) is 8.42 Å². The first-order chi connectivity index (χ1) is 9.78. The van der Waals surface area contributed by atoms with Crippen LogP contribution in [0.1, 0.15) is 38.5 Å². The standard InChI is InChI=1S/C14H26N2O2S3/c1-20-14(13(15)19)6-8-16(9-7-14)11-4-3-5-12(10-11)21(2,17)18/h11-12H,3-10H2,1-2H3,(H2,15,19). The Hall–Kier alpha value is 0.150. The second-order valence-corrected chi connectivity index (χ2v) is 10.3. The molecule has 0 aromatic rings. The van der Waals surface area contributed by atoms with E-state index in [4.69, 9.17) is 18.0 Å². The van der Waals surface area contributed by atoms with Gasteiger partial charge < -0.3 is 10.6 Å². The number of sulfone groups is 1. The van der Waals surface area contributed by atoms with Gasteiger partial charge in [0.2, 0.25) is 0 Å². The van der Waals surface area contributed by atoms with Crippen molar-refractivity contribution >= 4 is 38.8 Å². The van der Waals surface area contributed by atoms with E-state index in [1.807, 2.05) is 0 Å². The molecule has 2 fully saturated rings. The van der Waals surface area contributed by atoms with Crippen LogP contribution in [0.2, 0.25) is 0 Å². The molecule has 2 atom stereocenters. The van der Waals surface area contributed by atoms with Crippen molar-refractivity contribution in [3.63, 3.8) is 0 Å². The van der Waals surface area contributed by atoms with E-state index in [1.165, 1.54) is 6.26 Å². The molecule has 0 spiro atoms. The summed E-state index contributed by atoms with van der Waals surface area (Å²) in [7, 11) is -2.91. The number of thioether (sulfide) groups is 1. The number of piperidine rings is 1. The fourth-order valence-corrected chi connectivity index (χ4v) is 6.05. The van der Waals surface area contributed by atoms with Gasteiger partial charge in [0.05, 0.1) is 15.0 Å². The lowest BCUT2D eigenvalue weighted by molar-refractivity contribution is 0.127. The first kappa shape index (κ1) is 17.5. The highest BCUT2D eigenvalue weighted by Crippen LogP contribution is 2.37. The van der Waals surface area contributed by atoms with E-state index >= 15 is 0 Å². The van der Waals surface area contributed by atoms with Gasteiger partial charge in [-0.3, -0.25) is 0 Å². The molecule has 0 aromatic carbocycles. The highest BCUT2D eigenvalue weighted by atomic mass is 32.2. The Labute approximate surface area is 138 Å². The molecule has 4 nitrogen and oxygen atoms in total. The van der Waals surface area contributed by atoms with Crippen molar-refractivity contribution < 1.29 is 8.42 Å². The summed E-state index contributed by atoms with van der Waals surface area (Å²) < 4.78 is 23.5. The van der Waals surface area contributed by atoms with E-state index in [0.717, 1.165) is 51.6 Å². The minimum absolute atomic E-state index is 0.0588. The lowest BCUT2D eigenvalue weighted by atomic mass is 9.89. The van der Waals surface area contributed by atoms with E-state index in [-0.39, 0.29) is 10.00 Å². The van der Waals surface area contributed by atoms with E-state index < -0.39 is 9.84 Å². The Bertz CT molecular complexity index is 484. The van der Waals surface area contributed by atoms with Gasteiger partial charge in [-0.05, 0) is 38.4 Å². The Kier molecular flexibility index (Phi) is 5.60. The van der Waals surface area contributed by atoms with Crippen LogP contribution in [0.5, 0.6) is 0 Å². The predicted molar refractivity (Wildman–Crippen MR) is 94.7 cm³/mol. The zero-order valence-corrected chi connectivity index (χ0v) is 15.3. The summed E-state index contributed by atoms with van der Waals surface area (Å²) in [4.78, 5) is 3.08. The summed E-state index contributed by atoms with van der Waals surface area (Å²) in [6, 6.07) is 0.407. The molecule has 1 saturated carbocycles. The molecule has 0 aromatic heterocycles. The second-order valence-electron chi connectivity index (χ2n) is 6.37. The first-order valence-corrected chi connectivity index (χ1v) is 11.2. The van der Waals surface area contributed by atoms with Gasteiger partial charge in [-0.1, -0.05) is 18.6 Å². The number of nitrogens with two attached hydrogens (primary N) is 1. The highest BCUT2D eigenvalue weighted by molar-refractivity contribution is 8.02. The van der Waals surface area contributed by atoms with Crippen LogP contribution >= 0.6 is 24.0 Å². The van der Waals surface area contributed by atoms with E-state index in [1.54, 1.807) is 11.8 Å². The van der Waals surface area contributed by atoms with E-state index in [9.17, 15) is 8.42 Å². The van der Waals surface area contributed by atoms with Gasteiger partial charge >= 0.3 is 0 Å². The molecular weight excluding hydrogens is 324 g/mol. The molecule has 1 heterocycles. The van der Waals surface area contributed by atoms with E-state index in [0.29, 0.717) is 11.0 Å². The third-order valence-electron chi connectivity index (χ3n) is 5.17. The smallest absolute Gasteiger partial charge is 0.150 e. The number of nitrogens with zero attached hydrogens (tertiary/aromatic N) is 1. The molecule has 21 heavy (non-hydrogen) atoms. The SMILES string of the molecule is CSC1(C(N)=S)CCN(C2CCCC(S(C)(=O)=O)C2)CC1. The van der Waals surface area contributed by atoms with Crippen LogP contribution in [0.25, 0.3) is 0 Å². The molecule has 2 rings (SSSR count). The zero-order chi connectivity index (χ0) is 15.7. The molecule has 0 amide bonds. The number of hydrogen-bond donors (Lipinski definition) is 1. The lowest BCUT2D eigenvalue weighted by Gasteiger charge is -2.45. The van der Waals surface area contributed by atoms with Gasteiger partial charge in [-0.15, -0.1) is 0 Å². The van der Waals surface area contributed by atoms with Crippen molar-refractivity contribution in [2.24, 2.45) is 5.73 Å². The molecule has 2 aliphatic rings. The molecule has 2 unspecified atom stereocenters. The van der Waals surface area contributed by atoms with Gasteiger partial charge in [0.15, 0.2) is 0 Å². The summed E-state index contributed by atoms with van der Waals surface area (Å²) in [6.45, 7) is 1.94. The molecule has 0 bridgehead atoms. The Morgan fingerprint density at radius 2 is 1.95 bits per heavy atom. The average molecular weight is 351 g/mol. The van der Waals surface area contributed by atoms with Crippen molar-refractivity contribution in [2.45, 2.75) is 54.6 Å². The highest BCUT2D eigenvalue weighted by Gasteiger charge is 2.40. The molecule has 7 heteroatoms. The molecule has 1 saturated heterocycles. The lowest BCUT2D eigenvalue weighted by Crippen LogP contribution is -2.53. The second kappa shape index (κ2) is 6.72. The Morgan fingerprint density at radius 1 is 1.33 bits per heavy atom. The first-order valence-electron chi connectivity index (χ1n) is 7.56. The minimum Gasteiger partial charge on any atom is -0.392 e. The van der Waals surface area contributed by atoms with Crippen LogP contribution in [-0.2, 0) is 9.84 Å². The average Bonchev–Trinajstić information content (AvgIpc) is 2.46. The third-order valence-corrected chi connectivity index (χ3v) is 8.73. The van der Waals surface area contributed by atoms with Crippen molar-refractivity contribution in [3.8, 4) is 0 Å². The Morgan fingerprint density at radius 3 is 2.43 bits per heavy atom. The summed E-state index contributed by atoms with van der Waals surface area (Å²) in [5, 5.41) is -0.154. The van der Waals surface area contributed by atoms with Crippen LogP contribution in [0.3, 0.4) is 0 Å². The number of hydrogen-bond acceptors (Lipinski definition) is 5. The molecule has 0 radical (unpaired) electrons. The number of likely N-dealkylation sites (tertiary alicyclic amines) is 1. The van der Waals surface area contributed by atoms with Crippen molar-refractivity contribution in [1.82, 2.24) is 4.90 Å². The minimum atomic E-state index is -2.91. The summed E-state index contributed by atoms with van der Waals surface area (Å²) in [5.41, 5.74) is 5.93. The largest absolute Gasteiger partial charge is 0.392 e. The summed E-state index contributed by atoms with van der Waals surface area (Å²) in [5.74, 6) is 0. The van der Waals surface area contributed by atoms with Crippen LogP contribution in [0.4, 0.5) is 0 Å². The Balaban J connectivity index is 1.97. The monoisotopic (exact) mass is 350 g/mol. The van der Waals surface area contributed by atoms with Gasteiger partial charge in [0, 0.05) is 25.4 Å². The fraction of sp³-hybridized carbons (Fsp3) is 0.929. The summed E-state index contributed by atoms with van der Waals surface area (Å²) in [6.07, 6.45) is 9.15. The van der Waals surface area contributed by atoms with Crippen molar-refractivity contribution in [2.75, 3.05) is 25.6 Å². The number of thiocarbonyl (C=S) groups is 1. The van der Waals surface area contributed by atoms with E-state index in [2.05, 4.69) is 11.2 Å². The molecule has 1 aliphatic heterocycles. The topological polar surface area (TPSA) is 63.4 Å². The molecular formula is C14H26N2O2S3. The maximum atomic E-state index is 11.8. The fourth-order valence-electron chi connectivity index (χ4n) is 3.64. The molecule has 2 N–H and O–H groups in total. The normalized spacial score (nSPS) is 31.0. The van der Waals surface area contributed by atoms with Crippen molar-refractivity contribution in [3.05, 3.63) is 0 Å². The van der Waals surface area contributed by atoms with Crippen molar-refractivity contribution in [1.29, 1.82) is 0 Å². The zero-order valence-electron chi connectivity index (χ0n) is 12.9. The molecule has 122 valence electrons. The van der Waals surface area contributed by atoms with Gasteiger partial charge in [0.25, 0.3) is 0 Å². The third kappa shape index (κ3) is 3.92. The summed E-state index contributed by atoms with van der Waals surface area (Å²) >= 11 is 7.01. The van der Waals surface area contributed by atoms with Crippen LogP contribution in [0.15, 0.2) is 0 Å². The van der Waals surface area contributed by atoms with Crippen LogP contribution in [-0.4, -0.2) is 59.9 Å². The van der Waals surface area contributed by atoms with Crippen LogP contribution < -0.4 is 5.73 Å². The van der Waals surface area contributed by atoms with Gasteiger partial charge in [0.1, 0.15) is 9.84 Å². The maximum Gasteiger partial charge on any atom is 0.150 e. The quantitative estimate of drug-likeness (QED) is 0.781. The maximum absolute atomic E-state index is 11.8. The van der Waals surface area contributed by atoms with Crippen LogP contribution in [0, 0.1) is 0 Å². The number of rotatable bonds is 4. The van der Waals surface area contributed by atoms with Gasteiger partial charge in [-0.2, -0.15) is 11.8 Å². The molecule has 1 aliphatic carbocycles. The predicted octanol–water partition coefficient (Wildman–Crippen LogP) is 1.83.